The molecule has 0 bridgehead atoms. The molecular formula is C8H9NO3. The number of hydrogen-bond donors (Lipinski definition) is 0. The van der Waals surface area contributed by atoms with E-state index in [1.165, 1.54) is 13.2 Å². The van der Waals surface area contributed by atoms with Crippen molar-refractivity contribution in [2.24, 2.45) is 0 Å². The summed E-state index contributed by atoms with van der Waals surface area (Å²) in [6.07, 6.45) is 0. The fraction of sp³-hybridized carbons (Fsp3) is 0.250. The molecular weight excluding hydrogens is 158 g/mol. The van der Waals surface area contributed by atoms with Gasteiger partial charge in [0.15, 0.2) is 5.75 Å². The van der Waals surface area contributed by atoms with Crippen LogP contribution in [0.25, 0.3) is 0 Å². The van der Waals surface area contributed by atoms with Gasteiger partial charge in [-0.3, -0.25) is 10.1 Å². The standard InChI is InChI=1S/C8H9NO3/c1-6-4-3-5-7(12-2)8(6)9(10)11/h3-5H,1-2H3/i1D. The van der Waals surface area contributed by atoms with Crippen molar-refractivity contribution in [1.82, 2.24) is 0 Å². The van der Waals surface area contributed by atoms with Crippen molar-refractivity contribution in [2.75, 3.05) is 7.11 Å². The van der Waals surface area contributed by atoms with Gasteiger partial charge in [-0.15, -0.1) is 0 Å². The van der Waals surface area contributed by atoms with Gasteiger partial charge >= 0.3 is 5.69 Å². The number of rotatable bonds is 2. The van der Waals surface area contributed by atoms with Crippen molar-refractivity contribution >= 4 is 5.69 Å². The van der Waals surface area contributed by atoms with Crippen molar-refractivity contribution in [2.45, 2.75) is 6.90 Å². The van der Waals surface area contributed by atoms with Crippen LogP contribution < -0.4 is 4.74 Å². The van der Waals surface area contributed by atoms with Gasteiger partial charge in [0.1, 0.15) is 0 Å². The van der Waals surface area contributed by atoms with Crippen LogP contribution in [0.4, 0.5) is 5.69 Å². The van der Waals surface area contributed by atoms with Crippen LogP contribution in [0.5, 0.6) is 5.75 Å². The zero-order valence-corrected chi connectivity index (χ0v) is 6.61. The second-order valence-electron chi connectivity index (χ2n) is 2.23. The summed E-state index contributed by atoms with van der Waals surface area (Å²) in [6.45, 7) is -0.118. The van der Waals surface area contributed by atoms with E-state index < -0.39 is 4.92 Å². The quantitative estimate of drug-likeness (QED) is 0.500. The molecule has 4 nitrogen and oxygen atoms in total. The number of methoxy groups -OCH3 is 1. The molecule has 0 amide bonds. The maximum atomic E-state index is 10.6. The Kier molecular flexibility index (Phi) is 1.90. The molecule has 0 N–H and O–H groups in total. The summed E-state index contributed by atoms with van der Waals surface area (Å²) < 4.78 is 11.9. The number of para-hydroxylation sites is 1. The summed E-state index contributed by atoms with van der Waals surface area (Å²) in [5, 5.41) is 10.6. The molecule has 4 heteroatoms. The van der Waals surface area contributed by atoms with E-state index in [1.54, 1.807) is 12.1 Å². The van der Waals surface area contributed by atoms with Crippen LogP contribution in [0.1, 0.15) is 6.93 Å². The summed E-state index contributed by atoms with van der Waals surface area (Å²) in [4.78, 5) is 10.1. The summed E-state index contributed by atoms with van der Waals surface area (Å²) in [6, 6.07) is 4.70. The lowest BCUT2D eigenvalue weighted by Gasteiger charge is -2.02. The molecule has 1 rings (SSSR count). The number of benzene rings is 1. The highest BCUT2D eigenvalue weighted by molar-refractivity contribution is 5.51. The van der Waals surface area contributed by atoms with Crippen LogP contribution in [-0.2, 0) is 0 Å². The van der Waals surface area contributed by atoms with E-state index >= 15 is 0 Å². The minimum Gasteiger partial charge on any atom is -0.490 e. The first kappa shape index (κ1) is 7.09. The summed E-state index contributed by atoms with van der Waals surface area (Å²) in [5.41, 5.74) is 0.254. The lowest BCUT2D eigenvalue weighted by atomic mass is 10.2. The molecule has 0 aliphatic carbocycles. The number of nitro groups is 1. The van der Waals surface area contributed by atoms with Crippen molar-refractivity contribution in [3.8, 4) is 5.75 Å². The van der Waals surface area contributed by atoms with Gasteiger partial charge in [-0.2, -0.15) is 0 Å². The van der Waals surface area contributed by atoms with Crippen LogP contribution in [0.3, 0.4) is 0 Å². The molecule has 0 saturated heterocycles. The first-order valence-electron chi connectivity index (χ1n) is 4.01. The van der Waals surface area contributed by atoms with Gasteiger partial charge < -0.3 is 4.74 Å². The van der Waals surface area contributed by atoms with Gasteiger partial charge in [0.25, 0.3) is 0 Å². The lowest BCUT2D eigenvalue weighted by molar-refractivity contribution is -0.386. The molecule has 0 aliphatic rings. The molecule has 0 heterocycles. The molecule has 1 aromatic carbocycles. The molecule has 0 aliphatic heterocycles. The van der Waals surface area contributed by atoms with E-state index in [4.69, 9.17) is 6.11 Å². The SMILES string of the molecule is [2H]Cc1cccc(OC)c1[N+](=O)[O-]. The number of nitro benzene ring substituents is 1. The van der Waals surface area contributed by atoms with E-state index in [-0.39, 0.29) is 18.3 Å². The van der Waals surface area contributed by atoms with E-state index in [0.717, 1.165) is 0 Å². The Morgan fingerprint density at radius 3 is 2.92 bits per heavy atom. The maximum Gasteiger partial charge on any atom is 0.313 e. The third-order valence-electron chi connectivity index (χ3n) is 1.49. The number of aryl methyl sites for hydroxylation is 1. The average Bonchev–Trinajstić information content (AvgIpc) is 2.16. The molecule has 1 aromatic rings. The first-order valence-corrected chi connectivity index (χ1v) is 3.30. The topological polar surface area (TPSA) is 52.4 Å². The molecule has 0 atom stereocenters. The zero-order chi connectivity index (χ0) is 9.84. The normalized spacial score (nSPS) is 10.6. The van der Waals surface area contributed by atoms with Crippen molar-refractivity contribution in [3.63, 3.8) is 0 Å². The third-order valence-corrected chi connectivity index (χ3v) is 1.49. The Morgan fingerprint density at radius 1 is 1.67 bits per heavy atom. The molecule has 0 radical (unpaired) electrons. The highest BCUT2D eigenvalue weighted by Gasteiger charge is 2.16. The fourth-order valence-corrected chi connectivity index (χ4v) is 0.940. The van der Waals surface area contributed by atoms with Gasteiger partial charge in [0.05, 0.1) is 12.0 Å². The largest absolute Gasteiger partial charge is 0.490 e. The second-order valence-corrected chi connectivity index (χ2v) is 2.23. The number of hydrogen-bond acceptors (Lipinski definition) is 3. The lowest BCUT2D eigenvalue weighted by Crippen LogP contribution is -1.95. The Hall–Kier alpha value is -1.58. The monoisotopic (exact) mass is 168 g/mol. The molecule has 12 heavy (non-hydrogen) atoms. The Labute approximate surface area is 71.3 Å². The minimum absolute atomic E-state index is 0.111. The average molecular weight is 168 g/mol. The molecule has 0 fully saturated rings. The predicted molar refractivity (Wildman–Crippen MR) is 44.4 cm³/mol. The third kappa shape index (κ3) is 1.37. The molecule has 64 valence electrons. The van der Waals surface area contributed by atoms with Crippen LogP contribution in [-0.4, -0.2) is 12.0 Å². The van der Waals surface area contributed by atoms with Gasteiger partial charge in [-0.25, -0.2) is 0 Å². The van der Waals surface area contributed by atoms with Crippen LogP contribution in [0.15, 0.2) is 18.2 Å². The number of nitrogens with zero attached hydrogens (tertiary/aromatic N) is 1. The Morgan fingerprint density at radius 2 is 2.42 bits per heavy atom. The van der Waals surface area contributed by atoms with Crippen LogP contribution in [0, 0.1) is 17.0 Å². The van der Waals surface area contributed by atoms with E-state index in [0.29, 0.717) is 5.56 Å². The van der Waals surface area contributed by atoms with Gasteiger partial charge in [0, 0.05) is 6.93 Å². The molecule has 0 saturated carbocycles. The highest BCUT2D eigenvalue weighted by atomic mass is 16.6. The Bertz CT molecular complexity index is 305. The van der Waals surface area contributed by atoms with Gasteiger partial charge in [-0.05, 0) is 13.0 Å². The summed E-state index contributed by atoms with van der Waals surface area (Å²) >= 11 is 0. The van der Waals surface area contributed by atoms with Crippen molar-refractivity contribution in [1.29, 1.82) is 0 Å². The van der Waals surface area contributed by atoms with Gasteiger partial charge in [0.2, 0.25) is 0 Å². The van der Waals surface area contributed by atoms with Crippen LogP contribution >= 0.6 is 0 Å². The van der Waals surface area contributed by atoms with Gasteiger partial charge in [-0.1, -0.05) is 12.1 Å². The van der Waals surface area contributed by atoms with E-state index in [9.17, 15) is 10.1 Å². The molecule has 0 unspecified atom stereocenters. The highest BCUT2D eigenvalue weighted by Crippen LogP contribution is 2.29. The zero-order valence-electron chi connectivity index (χ0n) is 7.61. The maximum absolute atomic E-state index is 10.6. The summed E-state index contributed by atoms with van der Waals surface area (Å²) in [5.74, 6) is 0.203. The summed E-state index contributed by atoms with van der Waals surface area (Å²) in [7, 11) is 1.37. The molecule has 0 spiro atoms. The van der Waals surface area contributed by atoms with Crippen molar-refractivity contribution < 1.29 is 11.0 Å². The minimum atomic E-state index is -0.525. The molecule has 0 aromatic heterocycles. The first-order chi connectivity index (χ1) is 6.20. The number of ether oxygens (including phenoxy) is 1. The van der Waals surface area contributed by atoms with Crippen LogP contribution in [0.2, 0.25) is 0 Å². The van der Waals surface area contributed by atoms with Crippen molar-refractivity contribution in [3.05, 3.63) is 33.9 Å². The predicted octanol–water partition coefficient (Wildman–Crippen LogP) is 1.91. The fourth-order valence-electron chi connectivity index (χ4n) is 0.940. The van der Waals surface area contributed by atoms with E-state index in [2.05, 4.69) is 0 Å². The Balaban J connectivity index is 3.29. The van der Waals surface area contributed by atoms with E-state index in [1.807, 2.05) is 0 Å². The smallest absolute Gasteiger partial charge is 0.313 e. The second kappa shape index (κ2) is 3.21.